The van der Waals surface area contributed by atoms with Crippen LogP contribution in [-0.2, 0) is 11.8 Å². The average molecular weight is 460 g/mol. The van der Waals surface area contributed by atoms with Crippen molar-refractivity contribution in [1.29, 1.82) is 0 Å². The van der Waals surface area contributed by atoms with E-state index in [0.717, 1.165) is 31.3 Å². The molecular weight excluding hydrogens is 431 g/mol. The van der Waals surface area contributed by atoms with Gasteiger partial charge in [-0.15, -0.1) is 24.0 Å². The van der Waals surface area contributed by atoms with Crippen molar-refractivity contribution >= 4 is 41.5 Å². The van der Waals surface area contributed by atoms with E-state index in [1.54, 1.807) is 10.9 Å². The lowest BCUT2D eigenvalue weighted by Gasteiger charge is -2.35. The third kappa shape index (κ3) is 5.08. The Morgan fingerprint density at radius 2 is 2.12 bits per heavy atom. The number of halogens is 1. The van der Waals surface area contributed by atoms with Crippen molar-refractivity contribution in [3.8, 4) is 0 Å². The largest absolute Gasteiger partial charge is 0.357 e. The number of guanidine groups is 1. The minimum Gasteiger partial charge on any atom is -0.357 e. The van der Waals surface area contributed by atoms with E-state index in [-0.39, 0.29) is 29.9 Å². The van der Waals surface area contributed by atoms with Crippen molar-refractivity contribution < 1.29 is 4.79 Å². The first-order valence-electron chi connectivity index (χ1n) is 8.99. The van der Waals surface area contributed by atoms with Gasteiger partial charge in [0.15, 0.2) is 5.96 Å². The van der Waals surface area contributed by atoms with Gasteiger partial charge in [0.05, 0.1) is 11.9 Å². The molecule has 2 aliphatic rings. The summed E-state index contributed by atoms with van der Waals surface area (Å²) in [5, 5.41) is 7.50. The number of rotatable bonds is 4. The lowest BCUT2D eigenvalue weighted by molar-refractivity contribution is -0.120. The molecule has 8 heteroatoms. The number of amides is 1. The normalized spacial score (nSPS) is 19.3. The summed E-state index contributed by atoms with van der Waals surface area (Å²) in [7, 11) is 1.86. The standard InChI is InChI=1S/C17H28N6O.HI/c1-3-18-17(19-10-14-6-4-5-7-14)22-8-9-23(16(24)13-22)15-11-20-21(2)12-15;/h11-12,14H,3-10,13H2,1-2H3,(H,18,19);1H. The Morgan fingerprint density at radius 3 is 2.72 bits per heavy atom. The highest BCUT2D eigenvalue weighted by molar-refractivity contribution is 14.0. The summed E-state index contributed by atoms with van der Waals surface area (Å²) in [6, 6.07) is 0. The summed E-state index contributed by atoms with van der Waals surface area (Å²) in [6.45, 7) is 5.58. The van der Waals surface area contributed by atoms with E-state index in [9.17, 15) is 4.79 Å². The molecule has 1 N–H and O–H groups in total. The molecule has 1 aromatic rings. The number of anilines is 1. The monoisotopic (exact) mass is 460 g/mol. The van der Waals surface area contributed by atoms with Crippen molar-refractivity contribution in [1.82, 2.24) is 20.0 Å². The van der Waals surface area contributed by atoms with Crippen LogP contribution in [0.3, 0.4) is 0 Å². The molecule has 0 aromatic carbocycles. The fourth-order valence-corrected chi connectivity index (χ4v) is 3.51. The molecule has 0 bridgehead atoms. The molecule has 1 saturated carbocycles. The Kier molecular flexibility index (Phi) is 7.52. The van der Waals surface area contributed by atoms with Gasteiger partial charge in [0.1, 0.15) is 6.54 Å². The van der Waals surface area contributed by atoms with Crippen LogP contribution in [0.1, 0.15) is 32.6 Å². The molecular formula is C17H29IN6O. The minimum absolute atomic E-state index is 0. The van der Waals surface area contributed by atoms with Crippen LogP contribution in [0.25, 0.3) is 0 Å². The van der Waals surface area contributed by atoms with Crippen LogP contribution < -0.4 is 10.2 Å². The van der Waals surface area contributed by atoms with Gasteiger partial charge in [-0.1, -0.05) is 12.8 Å². The van der Waals surface area contributed by atoms with Crippen LogP contribution in [0.5, 0.6) is 0 Å². The summed E-state index contributed by atoms with van der Waals surface area (Å²) < 4.78 is 1.72. The number of piperazine rings is 1. The second-order valence-electron chi connectivity index (χ2n) is 6.68. The highest BCUT2D eigenvalue weighted by atomic mass is 127. The lowest BCUT2D eigenvalue weighted by Crippen LogP contribution is -2.55. The molecule has 1 aliphatic carbocycles. The smallest absolute Gasteiger partial charge is 0.246 e. The SMILES string of the molecule is CCNC(=NCC1CCCC1)N1CCN(c2cnn(C)c2)C(=O)C1.I. The van der Waals surface area contributed by atoms with Crippen LogP contribution in [0.4, 0.5) is 5.69 Å². The molecule has 1 aliphatic heterocycles. The van der Waals surface area contributed by atoms with Crippen molar-refractivity contribution in [3.63, 3.8) is 0 Å². The van der Waals surface area contributed by atoms with Crippen LogP contribution in [0.2, 0.25) is 0 Å². The molecule has 140 valence electrons. The molecule has 7 nitrogen and oxygen atoms in total. The number of hydrogen-bond donors (Lipinski definition) is 1. The van der Waals surface area contributed by atoms with E-state index in [1.807, 2.05) is 18.1 Å². The summed E-state index contributed by atoms with van der Waals surface area (Å²) in [5.41, 5.74) is 0.870. The molecule has 0 atom stereocenters. The molecule has 1 saturated heterocycles. The van der Waals surface area contributed by atoms with Crippen molar-refractivity contribution in [3.05, 3.63) is 12.4 Å². The van der Waals surface area contributed by atoms with Gasteiger partial charge >= 0.3 is 0 Å². The molecule has 2 heterocycles. The molecule has 3 rings (SSSR count). The number of carbonyl (C=O) groups is 1. The second-order valence-corrected chi connectivity index (χ2v) is 6.68. The van der Waals surface area contributed by atoms with Crippen molar-refractivity contribution in [2.24, 2.45) is 18.0 Å². The Hall–Kier alpha value is -1.32. The Balaban J connectivity index is 0.00000225. The van der Waals surface area contributed by atoms with Gasteiger partial charge in [-0.2, -0.15) is 5.10 Å². The third-order valence-corrected chi connectivity index (χ3v) is 4.83. The average Bonchev–Trinajstić information content (AvgIpc) is 3.23. The fourth-order valence-electron chi connectivity index (χ4n) is 3.51. The van der Waals surface area contributed by atoms with Gasteiger partial charge in [-0.3, -0.25) is 14.5 Å². The van der Waals surface area contributed by atoms with E-state index in [0.29, 0.717) is 19.0 Å². The zero-order valence-electron chi connectivity index (χ0n) is 15.1. The van der Waals surface area contributed by atoms with E-state index in [1.165, 1.54) is 25.7 Å². The van der Waals surface area contributed by atoms with Gasteiger partial charge in [0, 0.05) is 39.4 Å². The number of nitrogens with one attached hydrogen (secondary N) is 1. The summed E-state index contributed by atoms with van der Waals surface area (Å²) in [6.07, 6.45) is 8.87. The van der Waals surface area contributed by atoms with Gasteiger partial charge in [0.2, 0.25) is 5.91 Å². The number of aliphatic imine (C=N–C) groups is 1. The molecule has 2 fully saturated rings. The first-order chi connectivity index (χ1) is 11.7. The fraction of sp³-hybridized carbons (Fsp3) is 0.706. The van der Waals surface area contributed by atoms with Crippen LogP contribution in [0, 0.1) is 5.92 Å². The Bertz CT molecular complexity index is 596. The van der Waals surface area contributed by atoms with Gasteiger partial charge < -0.3 is 15.1 Å². The highest BCUT2D eigenvalue weighted by Gasteiger charge is 2.27. The van der Waals surface area contributed by atoms with E-state index in [2.05, 4.69) is 22.2 Å². The quantitative estimate of drug-likeness (QED) is 0.423. The first kappa shape index (κ1) is 20.0. The minimum atomic E-state index is 0. The summed E-state index contributed by atoms with van der Waals surface area (Å²) >= 11 is 0. The Labute approximate surface area is 166 Å². The number of aromatic nitrogens is 2. The van der Waals surface area contributed by atoms with Gasteiger partial charge in [-0.05, 0) is 25.7 Å². The predicted molar refractivity (Wildman–Crippen MR) is 110 cm³/mol. The predicted octanol–water partition coefficient (Wildman–Crippen LogP) is 1.84. The molecule has 1 amide bonds. The third-order valence-electron chi connectivity index (χ3n) is 4.83. The van der Waals surface area contributed by atoms with Gasteiger partial charge in [-0.25, -0.2) is 0 Å². The van der Waals surface area contributed by atoms with E-state index in [4.69, 9.17) is 4.99 Å². The Morgan fingerprint density at radius 1 is 1.36 bits per heavy atom. The van der Waals surface area contributed by atoms with Crippen LogP contribution >= 0.6 is 24.0 Å². The second kappa shape index (κ2) is 9.40. The molecule has 0 spiro atoms. The maximum Gasteiger partial charge on any atom is 0.246 e. The summed E-state index contributed by atoms with van der Waals surface area (Å²) in [5.74, 6) is 1.69. The topological polar surface area (TPSA) is 65.8 Å². The lowest BCUT2D eigenvalue weighted by atomic mass is 10.1. The zero-order chi connectivity index (χ0) is 16.9. The molecule has 0 unspecified atom stereocenters. The summed E-state index contributed by atoms with van der Waals surface area (Å²) in [4.78, 5) is 21.2. The van der Waals surface area contributed by atoms with E-state index < -0.39 is 0 Å². The van der Waals surface area contributed by atoms with Crippen LogP contribution in [0.15, 0.2) is 17.4 Å². The van der Waals surface area contributed by atoms with E-state index >= 15 is 0 Å². The maximum atomic E-state index is 12.5. The number of aryl methyl sites for hydroxylation is 1. The molecule has 0 radical (unpaired) electrons. The number of nitrogens with zero attached hydrogens (tertiary/aromatic N) is 5. The number of hydrogen-bond acceptors (Lipinski definition) is 3. The van der Waals surface area contributed by atoms with Crippen LogP contribution in [-0.4, -0.2) is 59.3 Å². The number of carbonyl (C=O) groups excluding carboxylic acids is 1. The maximum absolute atomic E-state index is 12.5. The van der Waals surface area contributed by atoms with Crippen molar-refractivity contribution in [2.45, 2.75) is 32.6 Å². The molecule has 1 aromatic heterocycles. The first-order valence-corrected chi connectivity index (χ1v) is 8.99. The zero-order valence-corrected chi connectivity index (χ0v) is 17.5. The van der Waals surface area contributed by atoms with Crippen molar-refractivity contribution in [2.75, 3.05) is 37.6 Å². The van der Waals surface area contributed by atoms with Gasteiger partial charge in [0.25, 0.3) is 0 Å². The highest BCUT2D eigenvalue weighted by Crippen LogP contribution is 2.24. The molecule has 25 heavy (non-hydrogen) atoms.